The minimum Gasteiger partial charge on any atom is -0.480 e. The Hall–Kier alpha value is -4.05. The first kappa shape index (κ1) is 28.9. The van der Waals surface area contributed by atoms with Crippen LogP contribution in [-0.4, -0.2) is 75.6 Å². The highest BCUT2D eigenvalue weighted by Crippen LogP contribution is 2.26. The minimum absolute atomic E-state index is 0.0747. The Kier molecular flexibility index (Phi) is 10.8. The Bertz CT molecular complexity index is 1260. The predicted molar refractivity (Wildman–Crippen MR) is 156 cm³/mol. The van der Waals surface area contributed by atoms with Crippen LogP contribution in [0.4, 0.5) is 11.6 Å². The number of aryl methyl sites for hydroxylation is 2. The van der Waals surface area contributed by atoms with Crippen LogP contribution in [-0.2, 0) is 22.4 Å². The van der Waals surface area contributed by atoms with Crippen LogP contribution in [0.5, 0.6) is 0 Å². The van der Waals surface area contributed by atoms with E-state index in [0.717, 1.165) is 67.8 Å². The molecule has 0 radical (unpaired) electrons. The first-order chi connectivity index (χ1) is 19.5. The molecule has 2 aromatic heterocycles. The lowest BCUT2D eigenvalue weighted by atomic mass is 10.1. The molecule has 1 aliphatic heterocycles. The zero-order valence-corrected chi connectivity index (χ0v) is 23.1. The quantitative estimate of drug-likeness (QED) is 0.211. The molecule has 3 aromatic rings. The number of nitrogens with one attached hydrogen (secondary N) is 3. The van der Waals surface area contributed by atoms with Gasteiger partial charge >= 0.3 is 5.97 Å². The van der Waals surface area contributed by atoms with Crippen LogP contribution >= 0.6 is 0 Å². The molecule has 0 unspecified atom stereocenters. The number of carboxylic acids is 1. The van der Waals surface area contributed by atoms with Crippen molar-refractivity contribution < 1.29 is 14.7 Å². The van der Waals surface area contributed by atoms with E-state index in [1.807, 2.05) is 30.3 Å². The fraction of sp³-hybridized carbons (Fsp3) is 0.433. The van der Waals surface area contributed by atoms with Crippen LogP contribution < -0.4 is 16.0 Å². The summed E-state index contributed by atoms with van der Waals surface area (Å²) in [6, 6.07) is 13.1. The average molecular weight is 546 g/mol. The standard InChI is InChI=1S/C30H39N7O3/c1-22(38)32-16-19-37(17-6-5-11-25-13-12-24-10-7-15-33-28(24)35-25)18-14-27(30(39)40)36-29-26(20-31-21-34-29)23-8-3-2-4-9-23/h2-4,8-9,12-13,20-21,27H,5-7,10-11,14-19H2,1H3,(H,32,38)(H,33,35)(H,39,40)(H,31,34,36)/t27-/m0/s1. The zero-order valence-electron chi connectivity index (χ0n) is 23.1. The maximum absolute atomic E-state index is 12.2. The maximum atomic E-state index is 12.2. The lowest BCUT2D eigenvalue weighted by Crippen LogP contribution is -2.39. The molecule has 40 heavy (non-hydrogen) atoms. The molecule has 212 valence electrons. The summed E-state index contributed by atoms with van der Waals surface area (Å²) in [5.74, 6) is 0.498. The molecule has 10 heteroatoms. The van der Waals surface area contributed by atoms with E-state index in [1.54, 1.807) is 6.20 Å². The second-order valence-corrected chi connectivity index (χ2v) is 10.1. The van der Waals surface area contributed by atoms with Crippen LogP contribution in [0.2, 0.25) is 0 Å². The van der Waals surface area contributed by atoms with Gasteiger partial charge in [0.25, 0.3) is 0 Å². The van der Waals surface area contributed by atoms with Crippen molar-refractivity contribution in [1.29, 1.82) is 0 Å². The summed E-state index contributed by atoms with van der Waals surface area (Å²) in [6.07, 6.45) is 8.53. The van der Waals surface area contributed by atoms with Crippen molar-refractivity contribution in [2.24, 2.45) is 0 Å². The molecule has 0 bridgehead atoms. The average Bonchev–Trinajstić information content (AvgIpc) is 2.97. The van der Waals surface area contributed by atoms with Gasteiger partial charge in [0.05, 0.1) is 0 Å². The number of nitrogens with zero attached hydrogens (tertiary/aromatic N) is 4. The molecule has 4 N–H and O–H groups in total. The molecule has 1 aliphatic rings. The molecule has 3 heterocycles. The molecule has 1 aromatic carbocycles. The van der Waals surface area contributed by atoms with Gasteiger partial charge in [-0.05, 0) is 62.3 Å². The van der Waals surface area contributed by atoms with Gasteiger partial charge in [0.2, 0.25) is 5.91 Å². The van der Waals surface area contributed by atoms with Crippen molar-refractivity contribution >= 4 is 23.5 Å². The smallest absolute Gasteiger partial charge is 0.326 e. The molecule has 0 aliphatic carbocycles. The van der Waals surface area contributed by atoms with Gasteiger partial charge in [0.1, 0.15) is 24.0 Å². The number of aromatic nitrogens is 3. The molecule has 0 saturated heterocycles. The predicted octanol–water partition coefficient (Wildman–Crippen LogP) is 3.61. The van der Waals surface area contributed by atoms with E-state index in [0.29, 0.717) is 31.9 Å². The number of carbonyl (C=O) groups is 2. The zero-order chi connectivity index (χ0) is 28.2. The highest BCUT2D eigenvalue weighted by molar-refractivity contribution is 5.81. The molecular weight excluding hydrogens is 506 g/mol. The van der Waals surface area contributed by atoms with Crippen molar-refractivity contribution in [1.82, 2.24) is 25.2 Å². The van der Waals surface area contributed by atoms with Crippen molar-refractivity contribution in [2.45, 2.75) is 51.5 Å². The summed E-state index contributed by atoms with van der Waals surface area (Å²) in [7, 11) is 0. The van der Waals surface area contributed by atoms with E-state index in [1.165, 1.54) is 18.8 Å². The number of benzene rings is 1. The Morgan fingerprint density at radius 3 is 2.75 bits per heavy atom. The fourth-order valence-electron chi connectivity index (χ4n) is 4.88. The van der Waals surface area contributed by atoms with Crippen LogP contribution in [0, 0.1) is 0 Å². The molecule has 0 fully saturated rings. The summed E-state index contributed by atoms with van der Waals surface area (Å²) in [4.78, 5) is 39.1. The minimum atomic E-state index is -0.938. The Morgan fingerprint density at radius 2 is 1.95 bits per heavy atom. The first-order valence-electron chi connectivity index (χ1n) is 14.0. The number of amides is 1. The molecule has 1 atom stereocenters. The van der Waals surface area contributed by atoms with Gasteiger partial charge in [-0.1, -0.05) is 36.4 Å². The number of unbranched alkanes of at least 4 members (excludes halogenated alkanes) is 1. The Labute approximate surface area is 235 Å². The van der Waals surface area contributed by atoms with E-state index < -0.39 is 12.0 Å². The number of fused-ring (bicyclic) bond motifs is 1. The van der Waals surface area contributed by atoms with Crippen LogP contribution in [0.25, 0.3) is 11.1 Å². The topological polar surface area (TPSA) is 132 Å². The largest absolute Gasteiger partial charge is 0.480 e. The second kappa shape index (κ2) is 14.9. The van der Waals surface area contributed by atoms with Crippen molar-refractivity contribution in [3.8, 4) is 11.1 Å². The summed E-state index contributed by atoms with van der Waals surface area (Å²) < 4.78 is 0. The summed E-state index contributed by atoms with van der Waals surface area (Å²) in [5, 5.41) is 19.4. The van der Waals surface area contributed by atoms with Crippen molar-refractivity contribution in [2.75, 3.05) is 43.4 Å². The highest BCUT2D eigenvalue weighted by Gasteiger charge is 2.21. The third-order valence-electron chi connectivity index (χ3n) is 7.05. The number of rotatable bonds is 15. The van der Waals surface area contributed by atoms with Crippen molar-refractivity contribution in [3.63, 3.8) is 0 Å². The van der Waals surface area contributed by atoms with Gasteiger partial charge in [-0.15, -0.1) is 0 Å². The van der Waals surface area contributed by atoms with E-state index in [4.69, 9.17) is 4.98 Å². The highest BCUT2D eigenvalue weighted by atomic mass is 16.4. The van der Waals surface area contributed by atoms with Gasteiger partial charge in [-0.2, -0.15) is 0 Å². The van der Waals surface area contributed by atoms with Crippen molar-refractivity contribution in [3.05, 3.63) is 66.2 Å². The van der Waals surface area contributed by atoms with Crippen LogP contribution in [0.15, 0.2) is 55.0 Å². The van der Waals surface area contributed by atoms with Gasteiger partial charge in [0.15, 0.2) is 0 Å². The van der Waals surface area contributed by atoms with E-state index in [2.05, 4.69) is 43.0 Å². The number of carboxylic acid groups (broad SMARTS) is 1. The summed E-state index contributed by atoms with van der Waals surface area (Å²) in [6.45, 7) is 5.01. The molecule has 4 rings (SSSR count). The van der Waals surface area contributed by atoms with Gasteiger partial charge in [-0.25, -0.2) is 19.7 Å². The van der Waals surface area contributed by atoms with Crippen LogP contribution in [0.1, 0.15) is 43.9 Å². The van der Waals surface area contributed by atoms with Gasteiger partial charge in [-0.3, -0.25) is 4.79 Å². The number of pyridine rings is 1. The number of hydrogen-bond donors (Lipinski definition) is 4. The maximum Gasteiger partial charge on any atom is 0.326 e. The lowest BCUT2D eigenvalue weighted by Gasteiger charge is -2.25. The second-order valence-electron chi connectivity index (χ2n) is 10.1. The van der Waals surface area contributed by atoms with E-state index in [-0.39, 0.29) is 5.91 Å². The number of carbonyl (C=O) groups excluding carboxylic acids is 1. The molecule has 0 spiro atoms. The fourth-order valence-corrected chi connectivity index (χ4v) is 4.88. The van der Waals surface area contributed by atoms with E-state index in [9.17, 15) is 14.7 Å². The molecular formula is C30H39N7O3. The third-order valence-corrected chi connectivity index (χ3v) is 7.05. The number of hydrogen-bond acceptors (Lipinski definition) is 8. The Balaban J connectivity index is 1.33. The summed E-state index contributed by atoms with van der Waals surface area (Å²) in [5.41, 5.74) is 4.05. The first-order valence-corrected chi connectivity index (χ1v) is 14.0. The third kappa shape index (κ3) is 8.74. The molecule has 1 amide bonds. The molecule has 10 nitrogen and oxygen atoms in total. The lowest BCUT2D eigenvalue weighted by molar-refractivity contribution is -0.138. The molecule has 0 saturated carbocycles. The van der Waals surface area contributed by atoms with Gasteiger partial charge < -0.3 is 26.0 Å². The normalized spacial score (nSPS) is 13.2. The van der Waals surface area contributed by atoms with E-state index >= 15 is 0 Å². The monoisotopic (exact) mass is 545 g/mol. The number of aliphatic carboxylic acids is 1. The van der Waals surface area contributed by atoms with Crippen LogP contribution in [0.3, 0.4) is 0 Å². The SMILES string of the molecule is CC(=O)NCCN(CCCCc1ccc2c(n1)NCCC2)CC[C@H](Nc1ncncc1-c1ccccc1)C(=O)O. The van der Waals surface area contributed by atoms with Gasteiger partial charge in [0, 0.05) is 50.6 Å². The number of anilines is 2. The summed E-state index contributed by atoms with van der Waals surface area (Å²) >= 11 is 0. The Morgan fingerprint density at radius 1 is 1.10 bits per heavy atom.